The molecule has 1 aromatic heterocycles. The normalized spacial score (nSPS) is 11.2. The molecule has 1 aromatic carbocycles. The first-order valence-corrected chi connectivity index (χ1v) is 8.48. The molecule has 0 saturated heterocycles. The van der Waals surface area contributed by atoms with Crippen LogP contribution < -0.4 is 4.74 Å². The van der Waals surface area contributed by atoms with Crippen LogP contribution in [0.1, 0.15) is 27.7 Å². The molecule has 6 nitrogen and oxygen atoms in total. The van der Waals surface area contributed by atoms with Crippen LogP contribution in [0.25, 0.3) is 10.9 Å². The quantitative estimate of drug-likeness (QED) is 0.687. The van der Waals surface area contributed by atoms with Gasteiger partial charge in [0.05, 0.1) is 18.7 Å². The summed E-state index contributed by atoms with van der Waals surface area (Å²) in [5, 5.41) is 1.16. The molecule has 0 bridgehead atoms. The summed E-state index contributed by atoms with van der Waals surface area (Å²) in [6.45, 7) is 8.17. The highest BCUT2D eigenvalue weighted by molar-refractivity contribution is 6.31. The van der Waals surface area contributed by atoms with Crippen molar-refractivity contribution in [2.24, 2.45) is 11.8 Å². The maximum absolute atomic E-state index is 12.5. The zero-order valence-corrected chi connectivity index (χ0v) is 15.5. The molecule has 0 radical (unpaired) electrons. The van der Waals surface area contributed by atoms with Gasteiger partial charge in [0, 0.05) is 16.5 Å². The highest BCUT2D eigenvalue weighted by Crippen LogP contribution is 2.28. The molecule has 7 heteroatoms. The number of carbonyl (C=O) groups is 2. The fourth-order valence-corrected chi connectivity index (χ4v) is 2.26. The Balaban J connectivity index is 2.32. The van der Waals surface area contributed by atoms with Crippen LogP contribution in [0.5, 0.6) is 5.88 Å². The van der Waals surface area contributed by atoms with Crippen LogP contribution in [-0.2, 0) is 9.47 Å². The average molecular weight is 368 g/mol. The third-order valence-electron chi connectivity index (χ3n) is 3.17. The van der Waals surface area contributed by atoms with Gasteiger partial charge >= 0.3 is 12.2 Å². The molecular weight excluding hydrogens is 346 g/mol. The van der Waals surface area contributed by atoms with Crippen molar-refractivity contribution in [3.63, 3.8) is 0 Å². The van der Waals surface area contributed by atoms with Crippen LogP contribution >= 0.6 is 11.6 Å². The molecule has 0 saturated carbocycles. The first-order valence-electron chi connectivity index (χ1n) is 8.10. The van der Waals surface area contributed by atoms with E-state index in [0.29, 0.717) is 15.9 Å². The number of nitrogens with zero attached hydrogens (tertiary/aromatic N) is 1. The predicted molar refractivity (Wildman–Crippen MR) is 95.3 cm³/mol. The van der Waals surface area contributed by atoms with Crippen molar-refractivity contribution in [3.05, 3.63) is 29.3 Å². The Labute approximate surface area is 151 Å². The summed E-state index contributed by atoms with van der Waals surface area (Å²) in [5.74, 6) is 0.383. The minimum atomic E-state index is -0.875. The zero-order valence-electron chi connectivity index (χ0n) is 14.7. The van der Waals surface area contributed by atoms with Gasteiger partial charge in [0.15, 0.2) is 0 Å². The van der Waals surface area contributed by atoms with E-state index in [-0.39, 0.29) is 30.9 Å². The van der Waals surface area contributed by atoms with Gasteiger partial charge in [0.25, 0.3) is 0 Å². The molecule has 136 valence electrons. The first-order chi connectivity index (χ1) is 11.8. The summed E-state index contributed by atoms with van der Waals surface area (Å²) in [5.41, 5.74) is 0.532. The van der Waals surface area contributed by atoms with Crippen LogP contribution in [0.3, 0.4) is 0 Å². The highest BCUT2D eigenvalue weighted by atomic mass is 35.5. The molecule has 0 spiro atoms. The van der Waals surface area contributed by atoms with Gasteiger partial charge in [-0.05, 0) is 30.0 Å². The molecule has 0 unspecified atom stereocenters. The lowest BCUT2D eigenvalue weighted by Gasteiger charge is -2.12. The van der Waals surface area contributed by atoms with Crippen molar-refractivity contribution in [3.8, 4) is 5.88 Å². The third-order valence-corrected chi connectivity index (χ3v) is 3.41. The molecule has 2 aromatic rings. The molecule has 1 heterocycles. The number of carbonyl (C=O) groups excluding carboxylic acids is 2. The van der Waals surface area contributed by atoms with E-state index in [0.717, 1.165) is 0 Å². The van der Waals surface area contributed by atoms with Gasteiger partial charge in [0.1, 0.15) is 0 Å². The van der Waals surface area contributed by atoms with E-state index in [4.69, 9.17) is 25.8 Å². The lowest BCUT2D eigenvalue weighted by atomic mass is 10.2. The van der Waals surface area contributed by atoms with Gasteiger partial charge in [-0.15, -0.1) is 0 Å². The van der Waals surface area contributed by atoms with Gasteiger partial charge in [-0.3, -0.25) is 0 Å². The summed E-state index contributed by atoms with van der Waals surface area (Å²) in [6, 6.07) is 6.54. The minimum absolute atomic E-state index is 0.0276. The molecule has 0 N–H and O–H groups in total. The Kier molecular flexibility index (Phi) is 6.31. The van der Waals surface area contributed by atoms with E-state index < -0.39 is 12.2 Å². The predicted octanol–water partition coefficient (Wildman–Crippen LogP) is 5.11. The third kappa shape index (κ3) is 5.13. The van der Waals surface area contributed by atoms with Crippen molar-refractivity contribution in [1.29, 1.82) is 0 Å². The second-order valence-electron chi connectivity index (χ2n) is 6.55. The first kappa shape index (κ1) is 19.1. The SMILES string of the molecule is CC(C)COC(=O)Oc1cc2cc(Cl)ccc2n1C(=O)OCC(C)C. The number of hydrogen-bond donors (Lipinski definition) is 0. The number of aromatic nitrogens is 1. The molecule has 0 aliphatic carbocycles. The molecule has 0 atom stereocenters. The van der Waals surface area contributed by atoms with Crippen LogP contribution in [0.2, 0.25) is 5.02 Å². The number of fused-ring (bicyclic) bond motifs is 1. The van der Waals surface area contributed by atoms with Gasteiger partial charge in [-0.2, -0.15) is 0 Å². The van der Waals surface area contributed by atoms with Gasteiger partial charge in [-0.25, -0.2) is 14.2 Å². The van der Waals surface area contributed by atoms with E-state index in [1.807, 2.05) is 27.7 Å². The smallest absolute Gasteiger partial charge is 0.449 e. The van der Waals surface area contributed by atoms with Crippen molar-refractivity contribution >= 4 is 34.8 Å². The standard InChI is InChI=1S/C18H22ClNO5/c1-11(2)9-23-17(21)20-15-6-5-14(19)7-13(15)8-16(20)25-18(22)24-10-12(3)4/h5-8,11-12H,9-10H2,1-4H3. The maximum atomic E-state index is 12.5. The van der Waals surface area contributed by atoms with Crippen molar-refractivity contribution < 1.29 is 23.8 Å². The molecule has 0 fully saturated rings. The monoisotopic (exact) mass is 367 g/mol. The Hall–Kier alpha value is -2.21. The van der Waals surface area contributed by atoms with Crippen LogP contribution in [0.15, 0.2) is 24.3 Å². The summed E-state index contributed by atoms with van der Waals surface area (Å²) >= 11 is 5.99. The van der Waals surface area contributed by atoms with Crippen LogP contribution in [-0.4, -0.2) is 30.0 Å². The summed E-state index contributed by atoms with van der Waals surface area (Å²) in [6.07, 6.45) is -1.50. The minimum Gasteiger partial charge on any atom is -0.449 e. The Bertz CT molecular complexity index is 766. The number of benzene rings is 1. The number of halogens is 1. The maximum Gasteiger partial charge on any atom is 0.515 e. The molecule has 2 rings (SSSR count). The number of hydrogen-bond acceptors (Lipinski definition) is 5. The molecular formula is C18H22ClNO5. The van der Waals surface area contributed by atoms with E-state index in [9.17, 15) is 9.59 Å². The zero-order chi connectivity index (χ0) is 18.6. The number of rotatable bonds is 5. The fraction of sp³-hybridized carbons (Fsp3) is 0.444. The molecule has 0 aliphatic rings. The largest absolute Gasteiger partial charge is 0.515 e. The number of ether oxygens (including phenoxy) is 3. The summed E-state index contributed by atoms with van der Waals surface area (Å²) < 4.78 is 16.7. The van der Waals surface area contributed by atoms with E-state index in [2.05, 4.69) is 0 Å². The Morgan fingerprint density at radius 2 is 1.68 bits per heavy atom. The molecule has 0 aliphatic heterocycles. The topological polar surface area (TPSA) is 66.8 Å². The molecule has 25 heavy (non-hydrogen) atoms. The second-order valence-corrected chi connectivity index (χ2v) is 6.99. The van der Waals surface area contributed by atoms with Gasteiger partial charge in [-0.1, -0.05) is 39.3 Å². The van der Waals surface area contributed by atoms with Crippen LogP contribution in [0.4, 0.5) is 9.59 Å². The lowest BCUT2D eigenvalue weighted by Crippen LogP contribution is -2.20. The average Bonchev–Trinajstić information content (AvgIpc) is 2.87. The summed E-state index contributed by atoms with van der Waals surface area (Å²) in [7, 11) is 0. The van der Waals surface area contributed by atoms with Crippen molar-refractivity contribution in [2.75, 3.05) is 13.2 Å². The fourth-order valence-electron chi connectivity index (χ4n) is 2.08. The van der Waals surface area contributed by atoms with Crippen molar-refractivity contribution in [1.82, 2.24) is 4.57 Å². The van der Waals surface area contributed by atoms with E-state index in [1.54, 1.807) is 24.3 Å². The van der Waals surface area contributed by atoms with Gasteiger partial charge in [0.2, 0.25) is 5.88 Å². The van der Waals surface area contributed by atoms with Gasteiger partial charge < -0.3 is 14.2 Å². The lowest BCUT2D eigenvalue weighted by molar-refractivity contribution is 0.0850. The Morgan fingerprint density at radius 3 is 2.32 bits per heavy atom. The highest BCUT2D eigenvalue weighted by Gasteiger charge is 2.21. The molecule has 0 amide bonds. The van der Waals surface area contributed by atoms with Crippen LogP contribution in [0, 0.1) is 11.8 Å². The second kappa shape index (κ2) is 8.25. The van der Waals surface area contributed by atoms with Crippen molar-refractivity contribution in [2.45, 2.75) is 27.7 Å². The van der Waals surface area contributed by atoms with E-state index >= 15 is 0 Å². The van der Waals surface area contributed by atoms with E-state index in [1.165, 1.54) is 4.57 Å². The Morgan fingerprint density at radius 1 is 1.04 bits per heavy atom. The summed E-state index contributed by atoms with van der Waals surface area (Å²) in [4.78, 5) is 24.3.